The number of hydrogen-bond acceptors (Lipinski definition) is 6. The number of carbonyl (C=O) groups is 1. The summed E-state index contributed by atoms with van der Waals surface area (Å²) < 4.78 is 29.7. The average molecular weight is 548 g/mol. The summed E-state index contributed by atoms with van der Waals surface area (Å²) in [5.74, 6) is 0.674. The molecule has 0 unspecified atom stereocenters. The third kappa shape index (κ3) is 7.14. The van der Waals surface area contributed by atoms with E-state index in [2.05, 4.69) is 41.7 Å². The Kier molecular flexibility index (Phi) is 8.09. The van der Waals surface area contributed by atoms with Gasteiger partial charge in [0.1, 0.15) is 16.9 Å². The van der Waals surface area contributed by atoms with Crippen LogP contribution in [-0.2, 0) is 31.1 Å². The van der Waals surface area contributed by atoms with E-state index in [4.69, 9.17) is 23.7 Å². The van der Waals surface area contributed by atoms with Crippen LogP contribution in [-0.4, -0.2) is 43.4 Å². The van der Waals surface area contributed by atoms with E-state index in [1.54, 1.807) is 0 Å². The molecule has 1 aliphatic carbocycles. The number of rotatable bonds is 8. The van der Waals surface area contributed by atoms with Crippen molar-refractivity contribution >= 4 is 16.9 Å². The van der Waals surface area contributed by atoms with Crippen molar-refractivity contribution in [3.63, 3.8) is 0 Å². The lowest BCUT2D eigenvalue weighted by Gasteiger charge is -2.44. The number of benzene rings is 3. The van der Waals surface area contributed by atoms with Crippen LogP contribution in [0.1, 0.15) is 58.6 Å². The molecular formula is C33H41NO6. The molecule has 40 heavy (non-hydrogen) atoms. The molecule has 0 spiro atoms. The van der Waals surface area contributed by atoms with Crippen molar-refractivity contribution in [2.45, 2.75) is 77.1 Å². The predicted octanol–water partition coefficient (Wildman–Crippen LogP) is 6.72. The highest BCUT2D eigenvalue weighted by Gasteiger charge is 2.43. The smallest absolute Gasteiger partial charge is 0.408 e. The normalized spacial score (nSPS) is 21.8. The quantitative estimate of drug-likeness (QED) is 0.338. The fourth-order valence-corrected chi connectivity index (χ4v) is 5.10. The minimum absolute atomic E-state index is 0.211. The summed E-state index contributed by atoms with van der Waals surface area (Å²) in [4.78, 5) is 12.8. The van der Waals surface area contributed by atoms with E-state index in [9.17, 15) is 4.79 Å². The van der Waals surface area contributed by atoms with Crippen molar-refractivity contribution in [1.29, 1.82) is 0 Å². The summed E-state index contributed by atoms with van der Waals surface area (Å²) in [6, 6.07) is 22.5. The topological polar surface area (TPSA) is 75.3 Å². The fraction of sp³-hybridized carbons (Fsp3) is 0.485. The van der Waals surface area contributed by atoms with Crippen molar-refractivity contribution < 1.29 is 28.5 Å². The van der Waals surface area contributed by atoms with Crippen LogP contribution in [0.15, 0.2) is 66.7 Å². The zero-order valence-electron chi connectivity index (χ0n) is 24.2. The van der Waals surface area contributed by atoms with Crippen LogP contribution in [0.4, 0.5) is 4.79 Å². The van der Waals surface area contributed by atoms with Crippen LogP contribution in [0.5, 0.6) is 5.75 Å². The number of carbonyl (C=O) groups excluding carboxylic acids is 1. The summed E-state index contributed by atoms with van der Waals surface area (Å²) >= 11 is 0. The monoisotopic (exact) mass is 547 g/mol. The first-order valence-corrected chi connectivity index (χ1v) is 14.1. The van der Waals surface area contributed by atoms with Crippen LogP contribution in [0, 0.1) is 5.92 Å². The Labute approximate surface area is 237 Å². The zero-order chi connectivity index (χ0) is 28.4. The summed E-state index contributed by atoms with van der Waals surface area (Å²) in [5, 5.41) is 5.15. The van der Waals surface area contributed by atoms with Gasteiger partial charge in [-0.3, -0.25) is 0 Å². The van der Waals surface area contributed by atoms with Crippen molar-refractivity contribution in [2.75, 3.05) is 19.8 Å². The number of fused-ring (bicyclic) bond motifs is 1. The second-order valence-electron chi connectivity index (χ2n) is 12.5. The summed E-state index contributed by atoms with van der Waals surface area (Å²) in [6.45, 7) is 11.2. The van der Waals surface area contributed by atoms with Crippen molar-refractivity contribution in [3.05, 3.63) is 77.9 Å². The van der Waals surface area contributed by atoms with Crippen LogP contribution < -0.4 is 10.1 Å². The van der Waals surface area contributed by atoms with Crippen LogP contribution in [0.25, 0.3) is 10.8 Å². The van der Waals surface area contributed by atoms with Crippen LogP contribution in [0.3, 0.4) is 0 Å². The van der Waals surface area contributed by atoms with Gasteiger partial charge >= 0.3 is 6.09 Å². The van der Waals surface area contributed by atoms with Crippen molar-refractivity contribution in [2.24, 2.45) is 5.92 Å². The van der Waals surface area contributed by atoms with Gasteiger partial charge < -0.3 is 29.0 Å². The first kappa shape index (κ1) is 28.4. The molecule has 1 amide bonds. The fourth-order valence-electron chi connectivity index (χ4n) is 5.10. The Morgan fingerprint density at radius 3 is 2.33 bits per heavy atom. The largest absolute Gasteiger partial charge is 0.490 e. The van der Waals surface area contributed by atoms with E-state index in [-0.39, 0.29) is 19.3 Å². The van der Waals surface area contributed by atoms with Crippen molar-refractivity contribution in [3.8, 4) is 5.75 Å². The van der Waals surface area contributed by atoms with Gasteiger partial charge in [-0.1, -0.05) is 48.5 Å². The molecule has 0 bridgehead atoms. The first-order chi connectivity index (χ1) is 19.0. The van der Waals surface area contributed by atoms with Gasteiger partial charge in [-0.2, -0.15) is 0 Å². The molecule has 3 aromatic rings. The van der Waals surface area contributed by atoms with Gasteiger partial charge in [-0.05, 0) is 93.5 Å². The Morgan fingerprint density at radius 2 is 1.62 bits per heavy atom. The Bertz CT molecular complexity index is 1300. The first-order valence-electron chi connectivity index (χ1n) is 14.1. The molecule has 7 heteroatoms. The summed E-state index contributed by atoms with van der Waals surface area (Å²) in [7, 11) is 0. The number of alkyl carbamates (subject to hydrolysis) is 1. The van der Waals surface area contributed by atoms with E-state index in [0.717, 1.165) is 41.5 Å². The highest BCUT2D eigenvalue weighted by Crippen LogP contribution is 2.36. The molecule has 1 N–H and O–H groups in total. The zero-order valence-corrected chi connectivity index (χ0v) is 24.2. The minimum Gasteiger partial charge on any atom is -0.490 e. The van der Waals surface area contributed by atoms with Gasteiger partial charge in [0.25, 0.3) is 0 Å². The van der Waals surface area contributed by atoms with Crippen molar-refractivity contribution in [1.82, 2.24) is 5.32 Å². The van der Waals surface area contributed by atoms with E-state index in [0.29, 0.717) is 12.5 Å². The number of hydrogen-bond donors (Lipinski definition) is 1. The molecular weight excluding hydrogens is 506 g/mol. The standard InChI is InChI=1S/C33H41NO6/c1-31(2,3)40-30(35)34-33(21-37-32(4,5)38-22-33)27-13-11-26-18-28(14-12-25(26)17-27)39-29-15-24(16-29)20-36-19-23-9-7-6-8-10-23/h6-14,17-18,24,29H,15-16,19-22H2,1-5H3,(H,34,35). The van der Waals surface area contributed by atoms with Gasteiger partial charge in [0.2, 0.25) is 0 Å². The Balaban J connectivity index is 1.21. The lowest BCUT2D eigenvalue weighted by atomic mass is 9.83. The minimum atomic E-state index is -0.870. The van der Waals surface area contributed by atoms with Gasteiger partial charge in [0.15, 0.2) is 5.79 Å². The SMILES string of the molecule is CC(C)(C)OC(=O)NC1(c2ccc3cc(OC4CC(COCc5ccccc5)C4)ccc3c2)COC(C)(C)OC1. The van der Waals surface area contributed by atoms with Gasteiger partial charge in [0.05, 0.1) is 32.5 Å². The van der Waals surface area contributed by atoms with Gasteiger partial charge in [-0.25, -0.2) is 4.79 Å². The molecule has 1 heterocycles. The lowest BCUT2D eigenvalue weighted by Crippen LogP contribution is -2.59. The molecule has 0 radical (unpaired) electrons. The number of amides is 1. The molecule has 1 saturated carbocycles. The maximum Gasteiger partial charge on any atom is 0.408 e. The Hall–Kier alpha value is -3.13. The molecule has 1 aliphatic heterocycles. The van der Waals surface area contributed by atoms with Gasteiger partial charge in [-0.15, -0.1) is 0 Å². The summed E-state index contributed by atoms with van der Waals surface area (Å²) in [5.41, 5.74) is 0.612. The molecule has 3 aromatic carbocycles. The molecule has 0 atom stereocenters. The van der Waals surface area contributed by atoms with E-state index in [1.807, 2.05) is 65.0 Å². The second-order valence-corrected chi connectivity index (χ2v) is 12.5. The molecule has 214 valence electrons. The molecule has 0 aromatic heterocycles. The average Bonchev–Trinajstić information content (AvgIpc) is 2.88. The summed E-state index contributed by atoms with van der Waals surface area (Å²) in [6.07, 6.45) is 1.71. The molecule has 5 rings (SSSR count). The maximum absolute atomic E-state index is 12.8. The molecule has 1 saturated heterocycles. The highest BCUT2D eigenvalue weighted by atomic mass is 16.7. The third-order valence-electron chi connectivity index (χ3n) is 7.40. The highest BCUT2D eigenvalue weighted by molar-refractivity contribution is 5.85. The molecule has 2 aliphatic rings. The predicted molar refractivity (Wildman–Crippen MR) is 154 cm³/mol. The lowest BCUT2D eigenvalue weighted by molar-refractivity contribution is -0.272. The van der Waals surface area contributed by atoms with E-state index in [1.165, 1.54) is 5.56 Å². The third-order valence-corrected chi connectivity index (χ3v) is 7.40. The second kappa shape index (κ2) is 11.4. The van der Waals surface area contributed by atoms with Crippen LogP contribution in [0.2, 0.25) is 0 Å². The van der Waals surface area contributed by atoms with Gasteiger partial charge in [0, 0.05) is 0 Å². The number of nitrogens with one attached hydrogen (secondary N) is 1. The molecule has 7 nitrogen and oxygen atoms in total. The molecule has 2 fully saturated rings. The Morgan fingerprint density at radius 1 is 0.950 bits per heavy atom. The van der Waals surface area contributed by atoms with E-state index < -0.39 is 23.0 Å². The maximum atomic E-state index is 12.8. The van der Waals surface area contributed by atoms with Crippen LogP contribution >= 0.6 is 0 Å². The number of ether oxygens (including phenoxy) is 5. The van der Waals surface area contributed by atoms with E-state index >= 15 is 0 Å².